The van der Waals surface area contributed by atoms with Crippen LogP contribution in [0.3, 0.4) is 0 Å². The van der Waals surface area contributed by atoms with E-state index in [4.69, 9.17) is 9.47 Å². The van der Waals surface area contributed by atoms with E-state index in [1.165, 1.54) is 5.56 Å². The smallest absolute Gasteiger partial charge is 0.118 e. The van der Waals surface area contributed by atoms with Crippen molar-refractivity contribution in [1.29, 1.82) is 0 Å². The summed E-state index contributed by atoms with van der Waals surface area (Å²) < 4.78 is 12.5. The number of morpholine rings is 1. The Balaban J connectivity index is 1.12. The molecule has 28 aromatic carbocycles. The van der Waals surface area contributed by atoms with Crippen LogP contribution < -0.4 is 4.74 Å². The molecule has 1 saturated heterocycles. The predicted molar refractivity (Wildman–Crippen MR) is 311 cm³/mol. The third kappa shape index (κ3) is 1.69. The molecule has 0 bridgehead atoms. The summed E-state index contributed by atoms with van der Waals surface area (Å²) in [7, 11) is 1.83. The fraction of sp³-hybridized carbons (Fsp3) is 0.111. The zero-order valence-corrected chi connectivity index (χ0v) is 39.1. The standard InChI is InChI=1S/C72H17NO2/c1-74-12-4-2-11(3-5-12)10-71-65-57-48-41-28-21-15-16-18-14-13-17(15)26(28)32-30-19(13)23-20(14)31-33-27(18)29-22(16)25-24(21)35-43-36(25)45-42(29)49-47(33)51-38(31)40-34(23)39-37(30)50(46(32)48)61(65)63-52(39)53(40)64-62(51)66-58(49)55(45)60-56(43)59(54(57)44(35)41)67(71)69(60)72(66,70(64)68(63)71)73-6-8-75-9-7-73/h2-5H,6-10H2,1H3. The lowest BCUT2D eigenvalue weighted by molar-refractivity contribution is 0.00288. The van der Waals surface area contributed by atoms with Gasteiger partial charge in [-0.1, -0.05) is 12.1 Å². The minimum Gasteiger partial charge on any atom is -0.497 e. The van der Waals surface area contributed by atoms with Gasteiger partial charge in [-0.3, -0.25) is 4.90 Å². The summed E-state index contributed by atoms with van der Waals surface area (Å²) in [6.45, 7) is 3.44. The van der Waals surface area contributed by atoms with Gasteiger partial charge < -0.3 is 9.47 Å². The number of rotatable bonds is 4. The Morgan fingerprint density at radius 2 is 0.547 bits per heavy atom. The van der Waals surface area contributed by atoms with Crippen molar-refractivity contribution in [1.82, 2.24) is 4.90 Å². The van der Waals surface area contributed by atoms with Crippen molar-refractivity contribution >= 4 is 280 Å². The first-order valence-corrected chi connectivity index (χ1v) is 28.1. The second-order valence-electron chi connectivity index (χ2n) is 27.0. The van der Waals surface area contributed by atoms with Gasteiger partial charge in [-0.15, -0.1) is 0 Å². The summed E-state index contributed by atoms with van der Waals surface area (Å²) in [5, 5.41) is 85.9. The lowest BCUT2D eigenvalue weighted by Crippen LogP contribution is -2.56. The minimum absolute atomic E-state index is 0.383. The van der Waals surface area contributed by atoms with Crippen LogP contribution in [0.25, 0.3) is 280 Å². The molecular weight excluding hydrogens is 911 g/mol. The first-order valence-electron chi connectivity index (χ1n) is 28.1. The number of hydrogen-bond donors (Lipinski definition) is 0. The highest BCUT2D eigenvalue weighted by molar-refractivity contribution is 6.81. The molecule has 3 nitrogen and oxygen atoms in total. The van der Waals surface area contributed by atoms with E-state index in [0.717, 1.165) is 38.5 Å². The van der Waals surface area contributed by atoms with E-state index in [1.54, 1.807) is 313 Å². The van der Waals surface area contributed by atoms with Gasteiger partial charge in [0.25, 0.3) is 0 Å². The highest BCUT2D eigenvalue weighted by atomic mass is 16.5. The van der Waals surface area contributed by atoms with Gasteiger partial charge in [0, 0.05) is 13.1 Å². The van der Waals surface area contributed by atoms with Crippen LogP contribution in [0.1, 0.15) is 38.9 Å². The molecule has 0 aromatic heterocycles. The SMILES string of the molecule is COc1ccc(CC23c4c5c6c7c8c9c%10c%11c(c2c2c%12c3c3c%13c4c6c4c6c%13c%13c3c3c%12c%12c%14c2c%11c2c%11c%10c%10c8c8c7c4c4c6c6c%13c7c3c%12c3c(c%142)c2c%11c%10c%10c8c4c4c%10c2c3c7c64)C59N2CCOCC2)cc1. The van der Waals surface area contributed by atoms with E-state index in [9.17, 15) is 0 Å². The van der Waals surface area contributed by atoms with Gasteiger partial charge in [0.15, 0.2) is 0 Å². The lowest BCUT2D eigenvalue weighted by atomic mass is 9.55. The Morgan fingerprint density at radius 1 is 0.307 bits per heavy atom. The van der Waals surface area contributed by atoms with Crippen LogP contribution >= 0.6 is 0 Å². The molecule has 2 unspecified atom stereocenters. The second kappa shape index (κ2) is 6.96. The Bertz CT molecular complexity index is 7580. The average molecular weight is 928 g/mol. The van der Waals surface area contributed by atoms with Crippen molar-refractivity contribution in [2.45, 2.75) is 17.4 Å². The van der Waals surface area contributed by atoms with Crippen LogP contribution in [0, 0.1) is 0 Å². The van der Waals surface area contributed by atoms with Crippen LogP contribution in [-0.2, 0) is 22.1 Å². The maximum atomic E-state index is 6.55. The highest BCUT2D eigenvalue weighted by Crippen LogP contribution is 2.84. The molecular formula is C72H17NO2. The van der Waals surface area contributed by atoms with Crippen LogP contribution in [-0.4, -0.2) is 38.3 Å². The summed E-state index contributed by atoms with van der Waals surface area (Å²) in [6.07, 6.45) is 0.952. The summed E-state index contributed by atoms with van der Waals surface area (Å²) >= 11 is 0. The molecule has 0 saturated carbocycles. The highest BCUT2D eigenvalue weighted by Gasteiger charge is 2.68. The molecule has 3 heteroatoms. The van der Waals surface area contributed by atoms with Gasteiger partial charge in [0.05, 0.1) is 25.7 Å². The molecule has 1 aliphatic heterocycles. The Labute approximate surface area is 412 Å². The second-order valence-corrected chi connectivity index (χ2v) is 27.0. The Hall–Kier alpha value is -8.60. The number of ether oxygens (including phenoxy) is 2. The zero-order valence-electron chi connectivity index (χ0n) is 39.1. The van der Waals surface area contributed by atoms with Crippen molar-refractivity contribution in [2.75, 3.05) is 33.4 Å². The summed E-state index contributed by atoms with van der Waals surface area (Å²) in [5.74, 6) is 0.945. The van der Waals surface area contributed by atoms with Crippen molar-refractivity contribution in [3.05, 3.63) is 63.2 Å². The Kier molecular flexibility index (Phi) is 2.72. The number of methoxy groups -OCH3 is 1. The van der Waals surface area contributed by atoms with Gasteiger partial charge in [0.2, 0.25) is 0 Å². The molecule has 0 N–H and O–H groups in total. The molecule has 0 radical (unpaired) electrons. The molecule has 34 rings (SSSR count). The fourth-order valence-corrected chi connectivity index (χ4v) is 26.1. The third-order valence-corrected chi connectivity index (χ3v) is 26.5. The number of benzene rings is 18. The van der Waals surface area contributed by atoms with E-state index < -0.39 is 5.54 Å². The molecule has 0 spiro atoms. The van der Waals surface area contributed by atoms with E-state index in [0.29, 0.717) is 0 Å². The first-order chi connectivity index (χ1) is 37.3. The van der Waals surface area contributed by atoms with Gasteiger partial charge in [-0.25, -0.2) is 0 Å². The molecule has 2 atom stereocenters. The summed E-state index contributed by atoms with van der Waals surface area (Å²) in [6, 6.07) is 9.45. The quantitative estimate of drug-likeness (QED) is 0.164. The average Bonchev–Trinajstić information content (AvgIpc) is 2.62. The van der Waals surface area contributed by atoms with Gasteiger partial charge >= 0.3 is 0 Å². The summed E-state index contributed by atoms with van der Waals surface area (Å²) in [5.41, 5.74) is 10.9. The molecule has 5 aliphatic carbocycles. The largest absolute Gasteiger partial charge is 0.497 e. The minimum atomic E-state index is -0.435. The molecule has 1 fully saturated rings. The predicted octanol–water partition coefficient (Wildman–Crippen LogP) is 17.5. The normalized spacial score (nSPS) is 22.6. The van der Waals surface area contributed by atoms with Crippen molar-refractivity contribution in [2.24, 2.45) is 0 Å². The van der Waals surface area contributed by atoms with Crippen molar-refractivity contribution in [3.63, 3.8) is 0 Å². The maximum absolute atomic E-state index is 6.55. The van der Waals surface area contributed by atoms with Crippen LogP contribution in [0.5, 0.6) is 5.75 Å². The van der Waals surface area contributed by atoms with Crippen LogP contribution in [0.4, 0.5) is 0 Å². The molecule has 28 aromatic rings. The van der Waals surface area contributed by atoms with E-state index in [2.05, 4.69) is 29.2 Å². The first kappa shape index (κ1) is 29.3. The summed E-state index contributed by atoms with van der Waals surface area (Å²) in [4.78, 5) is 3.08. The molecule has 0 amide bonds. The van der Waals surface area contributed by atoms with E-state index >= 15 is 0 Å². The molecule has 1 heterocycles. The van der Waals surface area contributed by atoms with Crippen molar-refractivity contribution in [3.8, 4) is 5.75 Å². The maximum Gasteiger partial charge on any atom is 0.118 e. The molecule has 75 heavy (non-hydrogen) atoms. The van der Waals surface area contributed by atoms with Crippen LogP contribution in [0.15, 0.2) is 24.3 Å². The molecule has 6 aliphatic rings. The topological polar surface area (TPSA) is 21.7 Å². The third-order valence-electron chi connectivity index (χ3n) is 26.5. The lowest BCUT2D eigenvalue weighted by Gasteiger charge is -2.54. The van der Waals surface area contributed by atoms with Gasteiger partial charge in [-0.2, -0.15) is 0 Å². The Morgan fingerprint density at radius 3 is 0.893 bits per heavy atom. The fourth-order valence-electron chi connectivity index (χ4n) is 26.1. The zero-order chi connectivity index (χ0) is 45.0. The van der Waals surface area contributed by atoms with Crippen molar-refractivity contribution < 1.29 is 9.47 Å². The monoisotopic (exact) mass is 927 g/mol. The molecule has 322 valence electrons. The number of nitrogens with zero attached hydrogens (tertiary/aromatic N) is 1. The van der Waals surface area contributed by atoms with E-state index in [-0.39, 0.29) is 5.41 Å². The van der Waals surface area contributed by atoms with Gasteiger partial charge in [0.1, 0.15) is 11.3 Å². The number of hydrogen-bond acceptors (Lipinski definition) is 3. The van der Waals surface area contributed by atoms with Crippen LogP contribution in [0.2, 0.25) is 0 Å². The van der Waals surface area contributed by atoms with Gasteiger partial charge in [-0.05, 0) is 338 Å². The van der Waals surface area contributed by atoms with E-state index in [1.807, 2.05) is 7.11 Å².